The summed E-state index contributed by atoms with van der Waals surface area (Å²) in [4.78, 5) is 2.66. The molecule has 118 valence electrons. The van der Waals surface area contributed by atoms with Gasteiger partial charge in [-0.25, -0.2) is 0 Å². The van der Waals surface area contributed by atoms with E-state index >= 15 is 0 Å². The van der Waals surface area contributed by atoms with Crippen LogP contribution >= 0.6 is 0 Å². The molecule has 1 aliphatic heterocycles. The molecule has 1 saturated heterocycles. The highest BCUT2D eigenvalue weighted by Crippen LogP contribution is 2.21. The second kappa shape index (κ2) is 8.55. The highest BCUT2D eigenvalue weighted by Gasteiger charge is 2.18. The van der Waals surface area contributed by atoms with E-state index in [1.165, 1.54) is 44.3 Å². The monoisotopic (exact) mass is 288 g/mol. The normalized spacial score (nSPS) is 21.6. The number of rotatable bonds is 7. The van der Waals surface area contributed by atoms with Crippen LogP contribution in [0.15, 0.2) is 30.3 Å². The van der Waals surface area contributed by atoms with Crippen molar-refractivity contribution in [1.29, 1.82) is 0 Å². The average Bonchev–Trinajstić information content (AvgIpc) is 2.49. The Kier molecular flexibility index (Phi) is 6.72. The van der Waals surface area contributed by atoms with Crippen LogP contribution in [-0.2, 0) is 0 Å². The lowest BCUT2D eigenvalue weighted by atomic mass is 9.96. The number of likely N-dealkylation sites (tertiary alicyclic amines) is 1. The van der Waals surface area contributed by atoms with Crippen LogP contribution in [0.4, 0.5) is 0 Å². The Morgan fingerprint density at radius 1 is 1.19 bits per heavy atom. The molecular weight excluding hydrogens is 256 g/mol. The molecule has 0 amide bonds. The lowest BCUT2D eigenvalue weighted by molar-refractivity contribution is 0.158. The van der Waals surface area contributed by atoms with Gasteiger partial charge in [-0.05, 0) is 57.3 Å². The molecule has 1 aromatic rings. The highest BCUT2D eigenvalue weighted by molar-refractivity contribution is 5.19. The molecule has 1 N–H and O–H groups in total. The largest absolute Gasteiger partial charge is 0.310 e. The van der Waals surface area contributed by atoms with Gasteiger partial charge in [0.1, 0.15) is 0 Å². The molecule has 0 saturated carbocycles. The van der Waals surface area contributed by atoms with Gasteiger partial charge < -0.3 is 10.2 Å². The summed E-state index contributed by atoms with van der Waals surface area (Å²) < 4.78 is 0. The lowest BCUT2D eigenvalue weighted by Crippen LogP contribution is -2.39. The Labute approximate surface area is 130 Å². The maximum Gasteiger partial charge on any atom is 0.0343 e. The average molecular weight is 288 g/mol. The minimum atomic E-state index is 0.477. The minimum absolute atomic E-state index is 0.477. The van der Waals surface area contributed by atoms with Gasteiger partial charge in [-0.2, -0.15) is 0 Å². The van der Waals surface area contributed by atoms with E-state index in [9.17, 15) is 0 Å². The second-order valence-corrected chi connectivity index (χ2v) is 6.82. The standard InChI is InChI=1S/C19H32N2/c1-16(2)19(18-11-5-4-6-12-18)20-13-9-15-21-14-8-7-10-17(21)3/h4-6,11-12,16-17,19-20H,7-10,13-15H2,1-3H3. The van der Waals surface area contributed by atoms with E-state index in [1.807, 2.05) is 0 Å². The summed E-state index contributed by atoms with van der Waals surface area (Å²) in [5.74, 6) is 0.626. The summed E-state index contributed by atoms with van der Waals surface area (Å²) in [6, 6.07) is 12.1. The van der Waals surface area contributed by atoms with Gasteiger partial charge >= 0.3 is 0 Å². The van der Waals surface area contributed by atoms with E-state index in [1.54, 1.807) is 0 Å². The summed E-state index contributed by atoms with van der Waals surface area (Å²) in [6.07, 6.45) is 5.43. The van der Waals surface area contributed by atoms with Gasteiger partial charge in [-0.15, -0.1) is 0 Å². The van der Waals surface area contributed by atoms with Gasteiger partial charge in [0.15, 0.2) is 0 Å². The molecule has 2 nitrogen and oxygen atoms in total. The number of nitrogens with one attached hydrogen (secondary N) is 1. The van der Waals surface area contributed by atoms with Gasteiger partial charge in [-0.3, -0.25) is 0 Å². The van der Waals surface area contributed by atoms with Crippen molar-refractivity contribution in [3.63, 3.8) is 0 Å². The summed E-state index contributed by atoms with van der Waals surface area (Å²) in [7, 11) is 0. The first-order chi connectivity index (χ1) is 10.2. The zero-order valence-electron chi connectivity index (χ0n) is 14.0. The third kappa shape index (κ3) is 5.12. The van der Waals surface area contributed by atoms with Crippen molar-refractivity contribution in [2.24, 2.45) is 5.92 Å². The van der Waals surface area contributed by atoms with Crippen LogP contribution in [0.2, 0.25) is 0 Å². The van der Waals surface area contributed by atoms with Crippen LogP contribution < -0.4 is 5.32 Å². The highest BCUT2D eigenvalue weighted by atomic mass is 15.2. The number of hydrogen-bond acceptors (Lipinski definition) is 2. The Morgan fingerprint density at radius 2 is 1.95 bits per heavy atom. The predicted octanol–water partition coefficient (Wildman–Crippen LogP) is 4.24. The first-order valence-corrected chi connectivity index (χ1v) is 8.71. The Bertz CT molecular complexity index is 388. The number of piperidine rings is 1. The van der Waals surface area contributed by atoms with Crippen molar-refractivity contribution in [3.8, 4) is 0 Å². The maximum absolute atomic E-state index is 3.76. The third-order valence-electron chi connectivity index (χ3n) is 4.75. The van der Waals surface area contributed by atoms with Crippen molar-refractivity contribution in [2.75, 3.05) is 19.6 Å². The van der Waals surface area contributed by atoms with Gasteiger partial charge in [0.2, 0.25) is 0 Å². The van der Waals surface area contributed by atoms with Gasteiger partial charge in [-0.1, -0.05) is 50.6 Å². The fourth-order valence-electron chi connectivity index (χ4n) is 3.43. The topological polar surface area (TPSA) is 15.3 Å². The van der Waals surface area contributed by atoms with Gasteiger partial charge in [0.25, 0.3) is 0 Å². The zero-order chi connectivity index (χ0) is 15.1. The van der Waals surface area contributed by atoms with E-state index < -0.39 is 0 Å². The molecular formula is C19H32N2. The van der Waals surface area contributed by atoms with Crippen LogP contribution in [0.1, 0.15) is 58.1 Å². The lowest BCUT2D eigenvalue weighted by Gasteiger charge is -2.33. The van der Waals surface area contributed by atoms with E-state index in [4.69, 9.17) is 0 Å². The molecule has 2 unspecified atom stereocenters. The number of hydrogen-bond donors (Lipinski definition) is 1. The summed E-state index contributed by atoms with van der Waals surface area (Å²) in [5.41, 5.74) is 1.42. The predicted molar refractivity (Wildman–Crippen MR) is 91.5 cm³/mol. The van der Waals surface area contributed by atoms with E-state index in [2.05, 4.69) is 61.3 Å². The Balaban J connectivity index is 1.75. The number of nitrogens with zero attached hydrogens (tertiary/aromatic N) is 1. The second-order valence-electron chi connectivity index (χ2n) is 6.82. The molecule has 21 heavy (non-hydrogen) atoms. The smallest absolute Gasteiger partial charge is 0.0343 e. The zero-order valence-corrected chi connectivity index (χ0v) is 14.0. The van der Waals surface area contributed by atoms with Crippen LogP contribution in [0, 0.1) is 5.92 Å². The van der Waals surface area contributed by atoms with Crippen molar-refractivity contribution in [3.05, 3.63) is 35.9 Å². The summed E-state index contributed by atoms with van der Waals surface area (Å²) in [5, 5.41) is 3.76. The van der Waals surface area contributed by atoms with E-state index in [-0.39, 0.29) is 0 Å². The van der Waals surface area contributed by atoms with Crippen LogP contribution in [0.3, 0.4) is 0 Å². The quantitative estimate of drug-likeness (QED) is 0.755. The number of benzene rings is 1. The minimum Gasteiger partial charge on any atom is -0.310 e. The molecule has 2 heteroatoms. The van der Waals surface area contributed by atoms with Crippen molar-refractivity contribution in [1.82, 2.24) is 10.2 Å². The molecule has 0 spiro atoms. The Hall–Kier alpha value is -0.860. The molecule has 0 bridgehead atoms. The molecule has 1 aliphatic rings. The van der Waals surface area contributed by atoms with Crippen molar-refractivity contribution < 1.29 is 0 Å². The molecule has 1 fully saturated rings. The first-order valence-electron chi connectivity index (χ1n) is 8.71. The fraction of sp³-hybridized carbons (Fsp3) is 0.684. The van der Waals surface area contributed by atoms with E-state index in [0.29, 0.717) is 12.0 Å². The molecule has 1 aromatic carbocycles. The SMILES string of the molecule is CC(C)C(NCCCN1CCCCC1C)c1ccccc1. The molecule has 0 aromatic heterocycles. The first kappa shape index (κ1) is 16.5. The Morgan fingerprint density at radius 3 is 2.62 bits per heavy atom. The van der Waals surface area contributed by atoms with Gasteiger partial charge in [0.05, 0.1) is 0 Å². The third-order valence-corrected chi connectivity index (χ3v) is 4.75. The van der Waals surface area contributed by atoms with Crippen LogP contribution in [0.5, 0.6) is 0 Å². The van der Waals surface area contributed by atoms with Crippen LogP contribution in [-0.4, -0.2) is 30.6 Å². The maximum atomic E-state index is 3.76. The molecule has 2 atom stereocenters. The molecule has 2 rings (SSSR count). The molecule has 0 radical (unpaired) electrons. The summed E-state index contributed by atoms with van der Waals surface area (Å²) >= 11 is 0. The molecule has 1 heterocycles. The summed E-state index contributed by atoms with van der Waals surface area (Å²) in [6.45, 7) is 10.6. The fourth-order valence-corrected chi connectivity index (χ4v) is 3.43. The van der Waals surface area contributed by atoms with Crippen LogP contribution in [0.25, 0.3) is 0 Å². The van der Waals surface area contributed by atoms with Crippen molar-refractivity contribution in [2.45, 2.75) is 58.5 Å². The molecule has 0 aliphatic carbocycles. The van der Waals surface area contributed by atoms with E-state index in [0.717, 1.165) is 12.6 Å². The van der Waals surface area contributed by atoms with Gasteiger partial charge in [0, 0.05) is 12.1 Å². The van der Waals surface area contributed by atoms with Crippen molar-refractivity contribution >= 4 is 0 Å².